The summed E-state index contributed by atoms with van der Waals surface area (Å²) in [5.41, 5.74) is 1.05. The Balaban J connectivity index is 2.18. The number of aromatic nitrogens is 1. The highest BCUT2D eigenvalue weighted by molar-refractivity contribution is 7.89. The molecule has 0 amide bonds. The van der Waals surface area contributed by atoms with Crippen molar-refractivity contribution in [3.63, 3.8) is 0 Å². The maximum atomic E-state index is 12.2. The fourth-order valence-corrected chi connectivity index (χ4v) is 3.55. The van der Waals surface area contributed by atoms with Gasteiger partial charge in [-0.05, 0) is 31.5 Å². The molecule has 114 valence electrons. The van der Waals surface area contributed by atoms with Crippen molar-refractivity contribution >= 4 is 21.6 Å². The highest BCUT2D eigenvalue weighted by Gasteiger charge is 2.23. The molecule has 0 atom stereocenters. The minimum Gasteiger partial charge on any atom is -0.495 e. The number of nitrogens with one attached hydrogen (secondary N) is 1. The number of methoxy groups -OCH3 is 1. The lowest BCUT2D eigenvalue weighted by Crippen LogP contribution is -2.24. The standard InChI is InChI=1S/C13H15ClN2O4S/c1-8-13(9(2)20-16-8)21(17,18)15-7-10-4-5-12(19-3)11(14)6-10/h4-6,15H,7H2,1-3H3. The van der Waals surface area contributed by atoms with Gasteiger partial charge in [-0.15, -0.1) is 0 Å². The highest BCUT2D eigenvalue weighted by atomic mass is 35.5. The number of hydrogen-bond acceptors (Lipinski definition) is 5. The molecule has 0 spiro atoms. The zero-order valence-electron chi connectivity index (χ0n) is 11.8. The van der Waals surface area contributed by atoms with Crippen LogP contribution in [0.3, 0.4) is 0 Å². The van der Waals surface area contributed by atoms with E-state index in [-0.39, 0.29) is 17.2 Å². The largest absolute Gasteiger partial charge is 0.495 e. The van der Waals surface area contributed by atoms with Crippen LogP contribution in [0, 0.1) is 13.8 Å². The van der Waals surface area contributed by atoms with Crippen LogP contribution in [-0.4, -0.2) is 20.7 Å². The van der Waals surface area contributed by atoms with Gasteiger partial charge in [-0.2, -0.15) is 0 Å². The van der Waals surface area contributed by atoms with Gasteiger partial charge in [0.25, 0.3) is 0 Å². The van der Waals surface area contributed by atoms with Crippen LogP contribution in [0.15, 0.2) is 27.6 Å². The van der Waals surface area contributed by atoms with Crippen LogP contribution < -0.4 is 9.46 Å². The van der Waals surface area contributed by atoms with Crippen molar-refractivity contribution in [3.05, 3.63) is 40.2 Å². The molecule has 1 aromatic heterocycles. The van der Waals surface area contributed by atoms with Crippen molar-refractivity contribution in [2.24, 2.45) is 0 Å². The van der Waals surface area contributed by atoms with Crippen molar-refractivity contribution < 1.29 is 17.7 Å². The number of benzene rings is 1. The summed E-state index contributed by atoms with van der Waals surface area (Å²) in [7, 11) is -2.17. The topological polar surface area (TPSA) is 81.4 Å². The summed E-state index contributed by atoms with van der Waals surface area (Å²) in [6.45, 7) is 3.24. The van der Waals surface area contributed by atoms with Gasteiger partial charge in [-0.3, -0.25) is 0 Å². The number of ether oxygens (including phenoxy) is 1. The predicted molar refractivity (Wildman–Crippen MR) is 78.0 cm³/mol. The zero-order chi connectivity index (χ0) is 15.6. The van der Waals surface area contributed by atoms with Crippen molar-refractivity contribution in [1.82, 2.24) is 9.88 Å². The highest BCUT2D eigenvalue weighted by Crippen LogP contribution is 2.25. The minimum absolute atomic E-state index is 0.0714. The van der Waals surface area contributed by atoms with Gasteiger partial charge in [0.2, 0.25) is 10.0 Å². The number of sulfonamides is 1. The van der Waals surface area contributed by atoms with Crippen LogP contribution >= 0.6 is 11.6 Å². The first-order valence-electron chi connectivity index (χ1n) is 6.10. The second-order valence-corrected chi connectivity index (χ2v) is 6.56. The third kappa shape index (κ3) is 3.37. The summed E-state index contributed by atoms with van der Waals surface area (Å²) in [4.78, 5) is 0.0714. The Kier molecular flexibility index (Phi) is 4.55. The molecule has 1 heterocycles. The van der Waals surface area contributed by atoms with Crippen molar-refractivity contribution in [2.75, 3.05) is 7.11 Å². The van der Waals surface area contributed by atoms with Crippen LogP contribution in [0.1, 0.15) is 17.0 Å². The van der Waals surface area contributed by atoms with Crippen LogP contribution in [0.4, 0.5) is 0 Å². The molecule has 0 unspecified atom stereocenters. The number of rotatable bonds is 5. The van der Waals surface area contributed by atoms with E-state index in [1.807, 2.05) is 0 Å². The van der Waals surface area contributed by atoms with Crippen LogP contribution in [0.2, 0.25) is 5.02 Å². The van der Waals surface area contributed by atoms with Crippen LogP contribution in [-0.2, 0) is 16.6 Å². The van der Waals surface area contributed by atoms with Crippen molar-refractivity contribution in [3.8, 4) is 5.75 Å². The van der Waals surface area contributed by atoms with Gasteiger partial charge >= 0.3 is 0 Å². The van der Waals surface area contributed by atoms with E-state index in [2.05, 4.69) is 9.88 Å². The molecule has 1 N–H and O–H groups in total. The molecule has 0 aliphatic rings. The molecular formula is C13H15ClN2O4S. The Morgan fingerprint density at radius 1 is 1.38 bits per heavy atom. The molecule has 0 fully saturated rings. The van der Waals surface area contributed by atoms with Gasteiger partial charge in [0.05, 0.1) is 12.1 Å². The molecule has 0 radical (unpaired) electrons. The SMILES string of the molecule is COc1ccc(CNS(=O)(=O)c2c(C)noc2C)cc1Cl. The zero-order valence-corrected chi connectivity index (χ0v) is 13.4. The summed E-state index contributed by atoms with van der Waals surface area (Å²) in [5, 5.41) is 4.07. The first kappa shape index (κ1) is 15.8. The molecule has 0 bridgehead atoms. The second kappa shape index (κ2) is 6.05. The van der Waals surface area contributed by atoms with Gasteiger partial charge in [0.15, 0.2) is 5.76 Å². The molecule has 2 rings (SSSR count). The van der Waals surface area contributed by atoms with Gasteiger partial charge in [-0.25, -0.2) is 13.1 Å². The Morgan fingerprint density at radius 3 is 2.62 bits per heavy atom. The molecule has 21 heavy (non-hydrogen) atoms. The average molecular weight is 331 g/mol. The van der Waals surface area contributed by atoms with Gasteiger partial charge in [0.1, 0.15) is 16.3 Å². The molecule has 0 aliphatic carbocycles. The van der Waals surface area contributed by atoms with Crippen LogP contribution in [0.25, 0.3) is 0 Å². The third-order valence-electron chi connectivity index (χ3n) is 2.92. The van der Waals surface area contributed by atoms with E-state index in [1.54, 1.807) is 32.0 Å². The average Bonchev–Trinajstić information content (AvgIpc) is 2.77. The number of aryl methyl sites for hydroxylation is 2. The van der Waals surface area contributed by atoms with E-state index < -0.39 is 10.0 Å². The number of nitrogens with zero attached hydrogens (tertiary/aromatic N) is 1. The van der Waals surface area contributed by atoms with E-state index in [0.717, 1.165) is 5.56 Å². The molecule has 6 nitrogen and oxygen atoms in total. The Bertz CT molecular complexity index is 736. The Morgan fingerprint density at radius 2 is 2.10 bits per heavy atom. The number of hydrogen-bond donors (Lipinski definition) is 1. The Labute approximate surface area is 128 Å². The monoisotopic (exact) mass is 330 g/mol. The lowest BCUT2D eigenvalue weighted by Gasteiger charge is -2.08. The predicted octanol–water partition coefficient (Wildman–Crippen LogP) is 2.43. The summed E-state index contributed by atoms with van der Waals surface area (Å²) in [6.07, 6.45) is 0. The third-order valence-corrected chi connectivity index (χ3v) is 4.86. The van der Waals surface area contributed by atoms with E-state index in [9.17, 15) is 8.42 Å². The molecular weight excluding hydrogens is 316 g/mol. The first-order valence-corrected chi connectivity index (χ1v) is 7.96. The van der Waals surface area contributed by atoms with Crippen LogP contribution in [0.5, 0.6) is 5.75 Å². The van der Waals surface area contributed by atoms with E-state index in [0.29, 0.717) is 16.5 Å². The van der Waals surface area contributed by atoms with Gasteiger partial charge in [0, 0.05) is 6.54 Å². The lowest BCUT2D eigenvalue weighted by atomic mass is 10.2. The molecule has 8 heteroatoms. The molecule has 0 saturated carbocycles. The summed E-state index contributed by atoms with van der Waals surface area (Å²) in [6, 6.07) is 5.07. The van der Waals surface area contributed by atoms with Gasteiger partial charge < -0.3 is 9.26 Å². The minimum atomic E-state index is -3.69. The van der Waals surface area contributed by atoms with Crippen molar-refractivity contribution in [2.45, 2.75) is 25.3 Å². The maximum Gasteiger partial charge on any atom is 0.246 e. The second-order valence-electron chi connectivity index (χ2n) is 4.45. The van der Waals surface area contributed by atoms with E-state index >= 15 is 0 Å². The quantitative estimate of drug-likeness (QED) is 0.910. The summed E-state index contributed by atoms with van der Waals surface area (Å²) >= 11 is 6.00. The smallest absolute Gasteiger partial charge is 0.246 e. The normalized spacial score (nSPS) is 11.6. The maximum absolute atomic E-state index is 12.2. The fraction of sp³-hybridized carbons (Fsp3) is 0.308. The lowest BCUT2D eigenvalue weighted by molar-refractivity contribution is 0.390. The van der Waals surface area contributed by atoms with Gasteiger partial charge in [-0.1, -0.05) is 22.8 Å². The number of halogens is 1. The summed E-state index contributed by atoms with van der Waals surface area (Å²) < 4.78 is 36.9. The molecule has 2 aromatic rings. The molecule has 0 aliphatic heterocycles. The Hall–Kier alpha value is -1.57. The first-order chi connectivity index (χ1) is 9.85. The van der Waals surface area contributed by atoms with E-state index in [4.69, 9.17) is 20.9 Å². The van der Waals surface area contributed by atoms with E-state index in [1.165, 1.54) is 7.11 Å². The molecule has 0 saturated heterocycles. The summed E-state index contributed by atoms with van der Waals surface area (Å²) in [5.74, 6) is 0.793. The fourth-order valence-electron chi connectivity index (χ4n) is 1.93. The molecule has 1 aromatic carbocycles. The van der Waals surface area contributed by atoms with Crippen molar-refractivity contribution in [1.29, 1.82) is 0 Å².